The van der Waals surface area contributed by atoms with Gasteiger partial charge in [0.1, 0.15) is 23.4 Å². The number of aliphatic hydroxyl groups is 1. The smallest absolute Gasteiger partial charge is 0.455 e. The van der Waals surface area contributed by atoms with Crippen LogP contribution in [-0.2, 0) is 16.3 Å². The van der Waals surface area contributed by atoms with Crippen molar-refractivity contribution in [1.29, 1.82) is 5.26 Å². The van der Waals surface area contributed by atoms with Crippen LogP contribution >= 0.6 is 0 Å². The predicted octanol–water partition coefficient (Wildman–Crippen LogP) is 3.40. The summed E-state index contributed by atoms with van der Waals surface area (Å²) in [6.07, 6.45) is -3.78. The molecular formula is C16H8F6N2O4S. The number of alkyl halides is 5. The number of benzene rings is 1. The van der Waals surface area contributed by atoms with Crippen molar-refractivity contribution in [2.45, 2.75) is 29.0 Å². The highest BCUT2D eigenvalue weighted by Gasteiger charge is 2.56. The number of fused-ring (bicyclic) bond motifs is 1. The number of halogens is 6. The second-order valence-corrected chi connectivity index (χ2v) is 7.86. The van der Waals surface area contributed by atoms with E-state index in [2.05, 4.69) is 4.98 Å². The predicted molar refractivity (Wildman–Crippen MR) is 82.3 cm³/mol. The maximum absolute atomic E-state index is 14.0. The highest BCUT2D eigenvalue weighted by atomic mass is 32.2. The molecule has 0 saturated heterocycles. The van der Waals surface area contributed by atoms with Crippen molar-refractivity contribution in [3.8, 4) is 17.6 Å². The van der Waals surface area contributed by atoms with E-state index in [0.29, 0.717) is 6.20 Å². The molecule has 1 aliphatic carbocycles. The van der Waals surface area contributed by atoms with Gasteiger partial charge in [-0.05, 0) is 12.1 Å². The van der Waals surface area contributed by atoms with Crippen LogP contribution in [0.3, 0.4) is 0 Å². The minimum Gasteiger partial charge on any atom is -0.455 e. The first-order chi connectivity index (χ1) is 13.3. The van der Waals surface area contributed by atoms with Gasteiger partial charge in [-0.15, -0.1) is 0 Å². The van der Waals surface area contributed by atoms with Crippen LogP contribution in [0.5, 0.6) is 11.5 Å². The Bertz CT molecular complexity index is 1140. The number of hydrogen-bond acceptors (Lipinski definition) is 6. The van der Waals surface area contributed by atoms with Crippen molar-refractivity contribution in [3.05, 3.63) is 46.9 Å². The van der Waals surface area contributed by atoms with Crippen LogP contribution in [0.15, 0.2) is 29.4 Å². The quantitative estimate of drug-likeness (QED) is 0.738. The minimum absolute atomic E-state index is 0.203. The summed E-state index contributed by atoms with van der Waals surface area (Å²) in [5.74, 6) is -5.92. The molecule has 1 N–H and O–H groups in total. The molecule has 1 aromatic carbocycles. The average Bonchev–Trinajstić information content (AvgIpc) is 2.84. The summed E-state index contributed by atoms with van der Waals surface area (Å²) in [7, 11) is -6.15. The van der Waals surface area contributed by atoms with Crippen molar-refractivity contribution in [2.75, 3.05) is 0 Å². The molecule has 154 valence electrons. The molecule has 0 saturated carbocycles. The van der Waals surface area contributed by atoms with Crippen LogP contribution in [0.1, 0.15) is 22.8 Å². The number of aliphatic hydroxyl groups excluding tert-OH is 1. The molecule has 6 nitrogen and oxygen atoms in total. The lowest BCUT2D eigenvalue weighted by Gasteiger charge is -2.16. The zero-order valence-corrected chi connectivity index (χ0v) is 14.7. The molecule has 0 radical (unpaired) electrons. The summed E-state index contributed by atoms with van der Waals surface area (Å²) < 4.78 is 109. The molecule has 1 aromatic heterocycles. The standard InChI is InChI=1S/C16H8F6N2O4S/c17-8-1-7(5-23)2-9(3-8)28-11-6-24-14(29(26,27)16(20,21)22)12-10(11)4-15(18,19)13(12)25/h1-3,6,13,25H,4H2. The van der Waals surface area contributed by atoms with E-state index in [1.165, 1.54) is 0 Å². The fourth-order valence-corrected chi connectivity index (χ4v) is 3.69. The molecule has 3 rings (SSSR count). The Balaban J connectivity index is 2.19. The number of rotatable bonds is 3. The highest BCUT2D eigenvalue weighted by molar-refractivity contribution is 7.92. The normalized spacial score (nSPS) is 18.2. The fourth-order valence-electron chi connectivity index (χ4n) is 2.76. The van der Waals surface area contributed by atoms with E-state index in [-0.39, 0.29) is 11.3 Å². The van der Waals surface area contributed by atoms with Crippen LogP contribution in [0, 0.1) is 17.1 Å². The van der Waals surface area contributed by atoms with Crippen LogP contribution in [0.4, 0.5) is 26.3 Å². The van der Waals surface area contributed by atoms with Gasteiger partial charge in [0.2, 0.25) is 0 Å². The summed E-state index contributed by atoms with van der Waals surface area (Å²) in [6.45, 7) is 0. The molecule has 29 heavy (non-hydrogen) atoms. The van der Waals surface area contributed by atoms with Gasteiger partial charge in [-0.1, -0.05) is 0 Å². The van der Waals surface area contributed by atoms with Crippen molar-refractivity contribution in [3.63, 3.8) is 0 Å². The summed E-state index contributed by atoms with van der Waals surface area (Å²) in [5, 5.41) is 16.8. The van der Waals surface area contributed by atoms with Gasteiger partial charge in [0, 0.05) is 23.6 Å². The SMILES string of the molecule is N#Cc1cc(F)cc(Oc2cnc(S(=O)(=O)C(F)(F)F)c3c2CC(F)(F)C3O)c1. The van der Waals surface area contributed by atoms with E-state index in [1.54, 1.807) is 6.07 Å². The first-order valence-electron chi connectivity index (χ1n) is 7.55. The van der Waals surface area contributed by atoms with Crippen molar-refractivity contribution >= 4 is 9.84 Å². The Morgan fingerprint density at radius 1 is 1.28 bits per heavy atom. The third-order valence-electron chi connectivity index (χ3n) is 4.03. The lowest BCUT2D eigenvalue weighted by Crippen LogP contribution is -2.27. The van der Waals surface area contributed by atoms with Crippen molar-refractivity contribution in [2.24, 2.45) is 0 Å². The van der Waals surface area contributed by atoms with Gasteiger partial charge in [-0.3, -0.25) is 0 Å². The van der Waals surface area contributed by atoms with Crippen LogP contribution < -0.4 is 4.74 Å². The minimum atomic E-state index is -6.15. The molecule has 1 aliphatic rings. The second kappa shape index (κ2) is 6.60. The van der Waals surface area contributed by atoms with Gasteiger partial charge >= 0.3 is 5.51 Å². The number of pyridine rings is 1. The Hall–Kier alpha value is -2.85. The van der Waals surface area contributed by atoms with Crippen LogP contribution in [0.2, 0.25) is 0 Å². The Morgan fingerprint density at radius 2 is 1.93 bits per heavy atom. The first-order valence-corrected chi connectivity index (χ1v) is 9.04. The Labute approximate surface area is 158 Å². The molecule has 1 atom stereocenters. The molecule has 1 heterocycles. The molecule has 0 aliphatic heterocycles. The van der Waals surface area contributed by atoms with Gasteiger partial charge in [-0.2, -0.15) is 18.4 Å². The lowest BCUT2D eigenvalue weighted by atomic mass is 10.1. The zero-order valence-electron chi connectivity index (χ0n) is 13.8. The molecule has 0 bridgehead atoms. The number of hydrogen-bond donors (Lipinski definition) is 1. The molecule has 1 unspecified atom stereocenters. The largest absolute Gasteiger partial charge is 0.503 e. The molecule has 0 fully saturated rings. The number of nitrogens with zero attached hydrogens (tertiary/aromatic N) is 2. The maximum atomic E-state index is 14.0. The highest BCUT2D eigenvalue weighted by Crippen LogP contribution is 2.50. The number of sulfone groups is 1. The van der Waals surface area contributed by atoms with E-state index in [1.807, 2.05) is 0 Å². The van der Waals surface area contributed by atoms with Gasteiger partial charge in [-0.25, -0.2) is 26.6 Å². The first kappa shape index (κ1) is 20.9. The number of nitriles is 1. The monoisotopic (exact) mass is 438 g/mol. The molecule has 0 spiro atoms. The van der Waals surface area contributed by atoms with E-state index in [4.69, 9.17) is 10.00 Å². The molecular weight excluding hydrogens is 430 g/mol. The third kappa shape index (κ3) is 3.49. The topological polar surface area (TPSA) is 100 Å². The van der Waals surface area contributed by atoms with E-state index >= 15 is 0 Å². The second-order valence-electron chi connectivity index (χ2n) is 6.00. The molecule has 2 aromatic rings. The van der Waals surface area contributed by atoms with E-state index < -0.39 is 61.5 Å². The van der Waals surface area contributed by atoms with E-state index in [0.717, 1.165) is 18.2 Å². The average molecular weight is 438 g/mol. The van der Waals surface area contributed by atoms with Gasteiger partial charge in [0.15, 0.2) is 5.03 Å². The summed E-state index contributed by atoms with van der Waals surface area (Å²) in [6, 6.07) is 4.23. The van der Waals surface area contributed by atoms with Gasteiger partial charge in [0.05, 0.1) is 17.8 Å². The van der Waals surface area contributed by atoms with Crippen molar-refractivity contribution < 1.29 is 44.6 Å². The Kier molecular flexibility index (Phi) is 4.75. The maximum Gasteiger partial charge on any atom is 0.503 e. The zero-order chi connectivity index (χ0) is 21.8. The van der Waals surface area contributed by atoms with Gasteiger partial charge < -0.3 is 9.84 Å². The van der Waals surface area contributed by atoms with Crippen molar-refractivity contribution in [1.82, 2.24) is 4.98 Å². The fraction of sp³-hybridized carbons (Fsp3) is 0.250. The third-order valence-corrected chi connectivity index (χ3v) is 5.47. The van der Waals surface area contributed by atoms with E-state index in [9.17, 15) is 39.9 Å². The Morgan fingerprint density at radius 3 is 2.52 bits per heavy atom. The van der Waals surface area contributed by atoms with Gasteiger partial charge in [0.25, 0.3) is 15.8 Å². The van der Waals surface area contributed by atoms with Crippen LogP contribution in [0.25, 0.3) is 0 Å². The summed E-state index contributed by atoms with van der Waals surface area (Å²) in [4.78, 5) is 3.08. The molecule has 0 amide bonds. The number of aromatic nitrogens is 1. The summed E-state index contributed by atoms with van der Waals surface area (Å²) >= 11 is 0. The molecule has 13 heteroatoms. The lowest BCUT2D eigenvalue weighted by molar-refractivity contribution is -0.0980. The van der Waals surface area contributed by atoms with Crippen LogP contribution in [-0.4, -0.2) is 29.9 Å². The summed E-state index contributed by atoms with van der Waals surface area (Å²) in [5.41, 5.74) is -8.03. The number of ether oxygens (including phenoxy) is 1.